The minimum atomic E-state index is -0.534. The van der Waals surface area contributed by atoms with Crippen LogP contribution in [-0.2, 0) is 6.54 Å². The van der Waals surface area contributed by atoms with Crippen LogP contribution in [0.2, 0.25) is 0 Å². The van der Waals surface area contributed by atoms with Crippen LogP contribution in [0.1, 0.15) is 17.2 Å². The van der Waals surface area contributed by atoms with Gasteiger partial charge in [-0.15, -0.1) is 0 Å². The molecule has 2 rings (SSSR count). The summed E-state index contributed by atoms with van der Waals surface area (Å²) >= 11 is 0. The lowest BCUT2D eigenvalue weighted by Gasteiger charge is -2.13. The van der Waals surface area contributed by atoms with Crippen LogP contribution in [0, 0.1) is 6.92 Å². The van der Waals surface area contributed by atoms with E-state index in [4.69, 9.17) is 4.74 Å². The van der Waals surface area contributed by atoms with Crippen LogP contribution in [0.15, 0.2) is 36.9 Å². The molecule has 2 aromatic rings. The van der Waals surface area contributed by atoms with Gasteiger partial charge in [0.25, 0.3) is 0 Å². The molecule has 0 amide bonds. The number of methoxy groups -OCH3 is 1. The Morgan fingerprint density at radius 3 is 2.88 bits per heavy atom. The van der Waals surface area contributed by atoms with E-state index in [0.29, 0.717) is 6.54 Å². The van der Waals surface area contributed by atoms with E-state index in [1.807, 2.05) is 35.9 Å². The van der Waals surface area contributed by atoms with Crippen molar-refractivity contribution in [3.05, 3.63) is 48.0 Å². The maximum atomic E-state index is 10.1. The molecule has 0 bridgehead atoms. The van der Waals surface area contributed by atoms with Crippen molar-refractivity contribution in [3.8, 4) is 5.75 Å². The zero-order valence-electron chi connectivity index (χ0n) is 10.00. The molecule has 0 aliphatic heterocycles. The number of rotatable bonds is 4. The van der Waals surface area contributed by atoms with Crippen molar-refractivity contribution in [1.82, 2.24) is 9.55 Å². The van der Waals surface area contributed by atoms with Crippen LogP contribution in [0.25, 0.3) is 0 Å². The number of aliphatic hydroxyl groups excluding tert-OH is 1. The molecule has 0 aliphatic rings. The van der Waals surface area contributed by atoms with Gasteiger partial charge in [-0.25, -0.2) is 4.98 Å². The van der Waals surface area contributed by atoms with Gasteiger partial charge < -0.3 is 14.4 Å². The van der Waals surface area contributed by atoms with Gasteiger partial charge in [-0.3, -0.25) is 0 Å². The second-order valence-corrected chi connectivity index (χ2v) is 4.00. The van der Waals surface area contributed by atoms with Gasteiger partial charge in [-0.2, -0.15) is 0 Å². The largest absolute Gasteiger partial charge is 0.496 e. The van der Waals surface area contributed by atoms with Crippen molar-refractivity contribution < 1.29 is 9.84 Å². The molecular weight excluding hydrogens is 216 g/mol. The summed E-state index contributed by atoms with van der Waals surface area (Å²) in [4.78, 5) is 3.95. The summed E-state index contributed by atoms with van der Waals surface area (Å²) in [6.45, 7) is 2.47. The molecule has 0 saturated heterocycles. The van der Waals surface area contributed by atoms with Gasteiger partial charge in [0, 0.05) is 12.4 Å². The third-order valence-electron chi connectivity index (χ3n) is 2.75. The standard InChI is InChI=1S/C13H16N2O2/c1-10-7-11(3-4-13(10)17-2)12(16)8-15-6-5-14-9-15/h3-7,9,12,16H,8H2,1-2H3. The molecular formula is C13H16N2O2. The van der Waals surface area contributed by atoms with E-state index in [9.17, 15) is 5.11 Å². The monoisotopic (exact) mass is 232 g/mol. The van der Waals surface area contributed by atoms with Crippen molar-refractivity contribution in [3.63, 3.8) is 0 Å². The van der Waals surface area contributed by atoms with Crippen LogP contribution < -0.4 is 4.74 Å². The number of hydrogen-bond donors (Lipinski definition) is 1. The number of aliphatic hydroxyl groups is 1. The van der Waals surface area contributed by atoms with Gasteiger partial charge in [-0.1, -0.05) is 6.07 Å². The topological polar surface area (TPSA) is 47.3 Å². The van der Waals surface area contributed by atoms with Gasteiger partial charge in [0.1, 0.15) is 5.75 Å². The predicted molar refractivity (Wildman–Crippen MR) is 64.9 cm³/mol. The van der Waals surface area contributed by atoms with Crippen molar-refractivity contribution in [1.29, 1.82) is 0 Å². The third kappa shape index (κ3) is 2.65. The van der Waals surface area contributed by atoms with Gasteiger partial charge in [0.2, 0.25) is 0 Å². The summed E-state index contributed by atoms with van der Waals surface area (Å²) in [5, 5.41) is 10.1. The molecule has 4 nitrogen and oxygen atoms in total. The van der Waals surface area contributed by atoms with E-state index in [1.54, 1.807) is 19.6 Å². The minimum absolute atomic E-state index is 0.506. The lowest BCUT2D eigenvalue weighted by atomic mass is 10.1. The molecule has 4 heteroatoms. The average Bonchev–Trinajstić information content (AvgIpc) is 2.81. The zero-order chi connectivity index (χ0) is 12.3. The molecule has 0 radical (unpaired) electrons. The van der Waals surface area contributed by atoms with Crippen LogP contribution >= 0.6 is 0 Å². The molecule has 0 fully saturated rings. The van der Waals surface area contributed by atoms with Gasteiger partial charge in [0.05, 0.1) is 26.1 Å². The molecule has 17 heavy (non-hydrogen) atoms. The highest BCUT2D eigenvalue weighted by Crippen LogP contribution is 2.23. The Labute approximate surface area is 100 Å². The smallest absolute Gasteiger partial charge is 0.121 e. The Morgan fingerprint density at radius 1 is 1.47 bits per heavy atom. The SMILES string of the molecule is COc1ccc(C(O)Cn2ccnc2)cc1C. The molecule has 1 atom stereocenters. The Bertz CT molecular complexity index is 480. The van der Waals surface area contributed by atoms with Gasteiger partial charge in [-0.05, 0) is 30.2 Å². The van der Waals surface area contributed by atoms with Crippen LogP contribution in [-0.4, -0.2) is 21.8 Å². The summed E-state index contributed by atoms with van der Waals surface area (Å²) < 4.78 is 7.04. The normalized spacial score (nSPS) is 12.4. The molecule has 90 valence electrons. The number of hydrogen-bond acceptors (Lipinski definition) is 3. The molecule has 1 aromatic heterocycles. The maximum absolute atomic E-state index is 10.1. The average molecular weight is 232 g/mol. The first-order valence-electron chi connectivity index (χ1n) is 5.49. The molecule has 0 aliphatic carbocycles. The van der Waals surface area contributed by atoms with E-state index >= 15 is 0 Å². The molecule has 1 unspecified atom stereocenters. The van der Waals surface area contributed by atoms with E-state index in [1.165, 1.54) is 0 Å². The van der Waals surface area contributed by atoms with Crippen LogP contribution in [0.5, 0.6) is 5.75 Å². The first-order valence-corrected chi connectivity index (χ1v) is 5.49. The minimum Gasteiger partial charge on any atom is -0.496 e. The summed E-state index contributed by atoms with van der Waals surface area (Å²) in [5.41, 5.74) is 1.91. The van der Waals surface area contributed by atoms with E-state index in [2.05, 4.69) is 4.98 Å². The van der Waals surface area contributed by atoms with Crippen LogP contribution in [0.3, 0.4) is 0 Å². The lowest BCUT2D eigenvalue weighted by molar-refractivity contribution is 0.156. The van der Waals surface area contributed by atoms with Gasteiger partial charge in [0.15, 0.2) is 0 Å². The third-order valence-corrected chi connectivity index (χ3v) is 2.75. The Balaban J connectivity index is 2.14. The number of imidazole rings is 1. The Hall–Kier alpha value is -1.81. The number of nitrogens with zero attached hydrogens (tertiary/aromatic N) is 2. The Morgan fingerprint density at radius 2 is 2.29 bits per heavy atom. The highest BCUT2D eigenvalue weighted by molar-refractivity contribution is 5.36. The fourth-order valence-electron chi connectivity index (χ4n) is 1.81. The highest BCUT2D eigenvalue weighted by Gasteiger charge is 2.09. The number of ether oxygens (including phenoxy) is 1. The molecule has 1 N–H and O–H groups in total. The van der Waals surface area contributed by atoms with Crippen LogP contribution in [0.4, 0.5) is 0 Å². The van der Waals surface area contributed by atoms with E-state index in [0.717, 1.165) is 16.9 Å². The molecule has 0 spiro atoms. The first kappa shape index (κ1) is 11.7. The van der Waals surface area contributed by atoms with Crippen molar-refractivity contribution >= 4 is 0 Å². The predicted octanol–water partition coefficient (Wildman–Crippen LogP) is 1.93. The summed E-state index contributed by atoms with van der Waals surface area (Å²) in [6.07, 6.45) is 4.69. The fraction of sp³-hybridized carbons (Fsp3) is 0.308. The summed E-state index contributed by atoms with van der Waals surface area (Å²) in [6, 6.07) is 5.70. The second-order valence-electron chi connectivity index (χ2n) is 4.00. The first-order chi connectivity index (χ1) is 8.20. The highest BCUT2D eigenvalue weighted by atomic mass is 16.5. The fourth-order valence-corrected chi connectivity index (χ4v) is 1.81. The number of aryl methyl sites for hydroxylation is 1. The van der Waals surface area contributed by atoms with E-state index in [-0.39, 0.29) is 0 Å². The lowest BCUT2D eigenvalue weighted by Crippen LogP contribution is -2.07. The molecule has 1 aromatic carbocycles. The quantitative estimate of drug-likeness (QED) is 0.876. The van der Waals surface area contributed by atoms with Gasteiger partial charge >= 0.3 is 0 Å². The summed E-state index contributed by atoms with van der Waals surface area (Å²) in [7, 11) is 1.64. The summed E-state index contributed by atoms with van der Waals surface area (Å²) in [5.74, 6) is 0.837. The number of benzene rings is 1. The molecule has 1 heterocycles. The van der Waals surface area contributed by atoms with Crippen molar-refractivity contribution in [2.45, 2.75) is 19.6 Å². The van der Waals surface area contributed by atoms with Crippen molar-refractivity contribution in [2.75, 3.05) is 7.11 Å². The number of aromatic nitrogens is 2. The van der Waals surface area contributed by atoms with E-state index < -0.39 is 6.10 Å². The second kappa shape index (κ2) is 5.01. The zero-order valence-corrected chi connectivity index (χ0v) is 10.00. The molecule has 0 saturated carbocycles. The maximum Gasteiger partial charge on any atom is 0.121 e. The van der Waals surface area contributed by atoms with Crippen molar-refractivity contribution in [2.24, 2.45) is 0 Å². The Kier molecular flexibility index (Phi) is 3.44.